The van der Waals surface area contributed by atoms with Crippen LogP contribution < -0.4 is 0 Å². The van der Waals surface area contributed by atoms with E-state index >= 15 is 0 Å². The lowest BCUT2D eigenvalue weighted by atomic mass is 10.2. The number of hydrogen-bond acceptors (Lipinski definition) is 1. The van der Waals surface area contributed by atoms with Crippen LogP contribution in [0.25, 0.3) is 0 Å². The molecule has 0 radical (unpaired) electrons. The zero-order valence-corrected chi connectivity index (χ0v) is 7.06. The van der Waals surface area contributed by atoms with Gasteiger partial charge in [-0.25, -0.2) is 0 Å². The first kappa shape index (κ1) is 9.89. The first-order valence-electron chi connectivity index (χ1n) is 3.78. The van der Waals surface area contributed by atoms with Crippen molar-refractivity contribution in [3.63, 3.8) is 0 Å². The average molecular weight is 190 g/mol. The van der Waals surface area contributed by atoms with E-state index in [4.69, 9.17) is 0 Å². The Morgan fingerprint density at radius 1 is 1.23 bits per heavy atom. The van der Waals surface area contributed by atoms with Gasteiger partial charge in [-0.2, -0.15) is 0 Å². The van der Waals surface area contributed by atoms with Crippen LogP contribution in [-0.2, 0) is 4.74 Å². The van der Waals surface area contributed by atoms with Crippen LogP contribution in [-0.4, -0.2) is 6.36 Å². The monoisotopic (exact) mass is 190 g/mol. The molecule has 0 bridgehead atoms. The molecule has 0 atom stereocenters. The normalized spacial score (nSPS) is 17.5. The molecule has 1 aliphatic carbocycles. The van der Waals surface area contributed by atoms with E-state index in [0.717, 1.165) is 5.57 Å². The maximum atomic E-state index is 11.8. The lowest BCUT2D eigenvalue weighted by molar-refractivity contribution is -0.303. The number of alkyl halides is 3. The molecule has 0 heterocycles. The van der Waals surface area contributed by atoms with Gasteiger partial charge in [-0.3, -0.25) is 0 Å². The van der Waals surface area contributed by atoms with E-state index in [2.05, 4.69) is 4.74 Å². The number of hydrogen-bond donors (Lipinski definition) is 0. The fourth-order valence-corrected chi connectivity index (χ4v) is 0.920. The van der Waals surface area contributed by atoms with E-state index in [1.54, 1.807) is 6.08 Å². The first-order chi connectivity index (χ1) is 5.97. The van der Waals surface area contributed by atoms with Crippen molar-refractivity contribution in [3.05, 3.63) is 35.6 Å². The Kier molecular flexibility index (Phi) is 2.80. The van der Waals surface area contributed by atoms with Crippen LogP contribution >= 0.6 is 0 Å². The van der Waals surface area contributed by atoms with Crippen LogP contribution in [0.15, 0.2) is 35.6 Å². The van der Waals surface area contributed by atoms with Crippen molar-refractivity contribution < 1.29 is 17.9 Å². The van der Waals surface area contributed by atoms with Gasteiger partial charge in [0.25, 0.3) is 0 Å². The Bertz CT molecular complexity index is 271. The Labute approximate surface area is 74.2 Å². The van der Waals surface area contributed by atoms with E-state index in [1.807, 2.05) is 13.0 Å². The maximum Gasteiger partial charge on any atom is 0.573 e. The van der Waals surface area contributed by atoms with E-state index in [-0.39, 0.29) is 5.76 Å². The zero-order valence-electron chi connectivity index (χ0n) is 7.06. The van der Waals surface area contributed by atoms with Gasteiger partial charge in [0, 0.05) is 0 Å². The van der Waals surface area contributed by atoms with Gasteiger partial charge in [-0.1, -0.05) is 17.7 Å². The third kappa shape index (κ3) is 3.83. The Morgan fingerprint density at radius 2 is 1.92 bits per heavy atom. The summed E-state index contributed by atoms with van der Waals surface area (Å²) in [5.74, 6) is -0.152. The molecule has 0 aromatic heterocycles. The zero-order chi connectivity index (χ0) is 9.90. The molecule has 1 nitrogen and oxygen atoms in total. The second-order valence-corrected chi connectivity index (χ2v) is 2.67. The minimum atomic E-state index is -4.60. The van der Waals surface area contributed by atoms with Crippen molar-refractivity contribution in [3.8, 4) is 0 Å². The van der Waals surface area contributed by atoms with Crippen LogP contribution in [0, 0.1) is 0 Å². The SMILES string of the molecule is CC1=CCC=C(OC(F)(F)F)C=C1. The van der Waals surface area contributed by atoms with Gasteiger partial charge in [-0.05, 0) is 25.5 Å². The second-order valence-electron chi connectivity index (χ2n) is 2.67. The topological polar surface area (TPSA) is 9.23 Å². The number of ether oxygens (including phenoxy) is 1. The fourth-order valence-electron chi connectivity index (χ4n) is 0.920. The molecule has 0 aromatic carbocycles. The average Bonchev–Trinajstić information content (AvgIpc) is 2.12. The number of halogens is 3. The highest BCUT2D eigenvalue weighted by Crippen LogP contribution is 2.23. The predicted molar refractivity (Wildman–Crippen MR) is 42.7 cm³/mol. The molecule has 13 heavy (non-hydrogen) atoms. The molecule has 0 spiro atoms. The van der Waals surface area contributed by atoms with Gasteiger partial charge < -0.3 is 4.74 Å². The molecular formula is C9H9F3O. The minimum Gasteiger partial charge on any atom is -0.406 e. The lowest BCUT2D eigenvalue weighted by Gasteiger charge is -2.08. The van der Waals surface area contributed by atoms with Crippen molar-refractivity contribution in [2.75, 3.05) is 0 Å². The molecule has 0 saturated carbocycles. The summed E-state index contributed by atoms with van der Waals surface area (Å²) in [7, 11) is 0. The fraction of sp³-hybridized carbons (Fsp3) is 0.333. The molecule has 0 amide bonds. The summed E-state index contributed by atoms with van der Waals surface area (Å²) in [6, 6.07) is 0. The highest BCUT2D eigenvalue weighted by atomic mass is 19.4. The van der Waals surface area contributed by atoms with Crippen molar-refractivity contribution in [1.82, 2.24) is 0 Å². The van der Waals surface area contributed by atoms with Crippen LogP contribution in [0.5, 0.6) is 0 Å². The van der Waals surface area contributed by atoms with Crippen molar-refractivity contribution >= 4 is 0 Å². The van der Waals surface area contributed by atoms with Crippen LogP contribution in [0.3, 0.4) is 0 Å². The Hall–Kier alpha value is -1.19. The molecule has 0 unspecified atom stereocenters. The molecule has 0 N–H and O–H groups in total. The van der Waals surface area contributed by atoms with Gasteiger partial charge in [0.2, 0.25) is 0 Å². The number of rotatable bonds is 1. The summed E-state index contributed by atoms with van der Waals surface area (Å²) < 4.78 is 39.0. The van der Waals surface area contributed by atoms with Crippen LogP contribution in [0.2, 0.25) is 0 Å². The maximum absolute atomic E-state index is 11.8. The van der Waals surface area contributed by atoms with Crippen LogP contribution in [0.1, 0.15) is 13.3 Å². The molecule has 0 fully saturated rings. The van der Waals surface area contributed by atoms with Gasteiger partial charge >= 0.3 is 6.36 Å². The molecular weight excluding hydrogens is 181 g/mol. The minimum absolute atomic E-state index is 0.152. The third-order valence-corrected chi connectivity index (χ3v) is 1.50. The molecule has 1 aliphatic rings. The molecule has 1 rings (SSSR count). The Balaban J connectivity index is 2.64. The summed E-state index contributed by atoms with van der Waals surface area (Å²) in [6.07, 6.45) is 1.97. The molecule has 4 heteroatoms. The molecule has 0 aromatic rings. The quantitative estimate of drug-likeness (QED) is 0.616. The number of allylic oxidation sites excluding steroid dienone is 5. The van der Waals surface area contributed by atoms with Crippen molar-refractivity contribution in [2.24, 2.45) is 0 Å². The predicted octanol–water partition coefficient (Wildman–Crippen LogP) is 3.31. The standard InChI is InChI=1S/C9H9F3O/c1-7-3-2-4-8(6-5-7)13-9(10,11)12/h3-6H,2H2,1H3. The molecule has 72 valence electrons. The van der Waals surface area contributed by atoms with E-state index in [9.17, 15) is 13.2 Å². The largest absolute Gasteiger partial charge is 0.573 e. The van der Waals surface area contributed by atoms with E-state index < -0.39 is 6.36 Å². The molecule has 0 aliphatic heterocycles. The highest BCUT2D eigenvalue weighted by Gasteiger charge is 2.31. The smallest absolute Gasteiger partial charge is 0.406 e. The van der Waals surface area contributed by atoms with Gasteiger partial charge in [0.05, 0.1) is 0 Å². The van der Waals surface area contributed by atoms with Gasteiger partial charge in [-0.15, -0.1) is 13.2 Å². The van der Waals surface area contributed by atoms with E-state index in [1.165, 1.54) is 12.2 Å². The summed E-state index contributed by atoms with van der Waals surface area (Å²) in [5, 5.41) is 0. The third-order valence-electron chi connectivity index (χ3n) is 1.50. The Morgan fingerprint density at radius 3 is 2.54 bits per heavy atom. The van der Waals surface area contributed by atoms with Gasteiger partial charge in [0.1, 0.15) is 5.76 Å². The summed E-state index contributed by atoms with van der Waals surface area (Å²) in [4.78, 5) is 0. The summed E-state index contributed by atoms with van der Waals surface area (Å²) in [5.41, 5.74) is 0.928. The van der Waals surface area contributed by atoms with E-state index in [0.29, 0.717) is 6.42 Å². The highest BCUT2D eigenvalue weighted by molar-refractivity contribution is 5.28. The summed E-state index contributed by atoms with van der Waals surface area (Å²) >= 11 is 0. The van der Waals surface area contributed by atoms with Crippen LogP contribution in [0.4, 0.5) is 13.2 Å². The van der Waals surface area contributed by atoms with Crippen molar-refractivity contribution in [2.45, 2.75) is 19.7 Å². The summed E-state index contributed by atoms with van der Waals surface area (Å²) in [6.45, 7) is 1.82. The van der Waals surface area contributed by atoms with Gasteiger partial charge in [0.15, 0.2) is 0 Å². The second kappa shape index (κ2) is 3.68. The molecule has 0 saturated heterocycles. The van der Waals surface area contributed by atoms with Crippen molar-refractivity contribution in [1.29, 1.82) is 0 Å². The first-order valence-corrected chi connectivity index (χ1v) is 3.78. The lowest BCUT2D eigenvalue weighted by Crippen LogP contribution is -2.11.